The molecule has 0 aliphatic heterocycles. The van der Waals surface area contributed by atoms with Crippen LogP contribution < -0.4 is 5.56 Å². The third kappa shape index (κ3) is 3.82. The SMILES string of the molecule is C=CCCC(O)CN(C)Cc1nc2sc(C)c(C)c2c(=O)[nH]1. The number of likely N-dealkylation sites (N-methyl/N-ethyl adjacent to an activating group) is 1. The maximum atomic E-state index is 12.2. The Bertz CT molecular complexity index is 720. The molecule has 5 nitrogen and oxygen atoms in total. The van der Waals surface area contributed by atoms with E-state index in [0.717, 1.165) is 21.7 Å². The highest BCUT2D eigenvalue weighted by Crippen LogP contribution is 2.25. The Morgan fingerprint density at radius 1 is 1.50 bits per heavy atom. The van der Waals surface area contributed by atoms with Gasteiger partial charge in [-0.15, -0.1) is 17.9 Å². The second-order valence-electron chi connectivity index (χ2n) is 5.69. The minimum absolute atomic E-state index is 0.0811. The van der Waals surface area contributed by atoms with E-state index in [1.54, 1.807) is 17.4 Å². The van der Waals surface area contributed by atoms with Crippen LogP contribution in [-0.4, -0.2) is 39.7 Å². The van der Waals surface area contributed by atoms with Crippen molar-refractivity contribution in [3.63, 3.8) is 0 Å². The maximum Gasteiger partial charge on any atom is 0.259 e. The van der Waals surface area contributed by atoms with Gasteiger partial charge in [0.05, 0.1) is 18.0 Å². The van der Waals surface area contributed by atoms with Crippen LogP contribution >= 0.6 is 11.3 Å². The Morgan fingerprint density at radius 2 is 2.23 bits per heavy atom. The van der Waals surface area contributed by atoms with Crippen molar-refractivity contribution in [3.8, 4) is 0 Å². The smallest absolute Gasteiger partial charge is 0.259 e. The number of allylic oxidation sites excluding steroid dienone is 1. The first-order valence-electron chi connectivity index (χ1n) is 7.38. The molecule has 6 heteroatoms. The molecular formula is C16H23N3O2S. The number of aromatic amines is 1. The molecule has 22 heavy (non-hydrogen) atoms. The second kappa shape index (κ2) is 7.17. The largest absolute Gasteiger partial charge is 0.392 e. The maximum absolute atomic E-state index is 12.2. The van der Waals surface area contributed by atoms with Crippen molar-refractivity contribution in [1.29, 1.82) is 0 Å². The van der Waals surface area contributed by atoms with Crippen LogP contribution in [0.5, 0.6) is 0 Å². The van der Waals surface area contributed by atoms with E-state index >= 15 is 0 Å². The molecular weight excluding hydrogens is 298 g/mol. The molecule has 0 aromatic carbocycles. The predicted octanol–water partition coefficient (Wildman–Crippen LogP) is 2.36. The third-order valence-electron chi connectivity index (χ3n) is 3.73. The lowest BCUT2D eigenvalue weighted by atomic mass is 10.2. The van der Waals surface area contributed by atoms with Gasteiger partial charge in [0.1, 0.15) is 10.7 Å². The topological polar surface area (TPSA) is 69.2 Å². The first kappa shape index (κ1) is 16.9. The van der Waals surface area contributed by atoms with Crippen LogP contribution in [0.3, 0.4) is 0 Å². The Morgan fingerprint density at radius 3 is 2.91 bits per heavy atom. The molecule has 0 aliphatic rings. The molecule has 0 saturated heterocycles. The van der Waals surface area contributed by atoms with Gasteiger partial charge >= 0.3 is 0 Å². The van der Waals surface area contributed by atoms with Gasteiger partial charge in [0.2, 0.25) is 0 Å². The van der Waals surface area contributed by atoms with Crippen molar-refractivity contribution >= 4 is 21.6 Å². The number of aryl methyl sites for hydroxylation is 2. The van der Waals surface area contributed by atoms with E-state index in [2.05, 4.69) is 16.5 Å². The van der Waals surface area contributed by atoms with Crippen molar-refractivity contribution in [2.24, 2.45) is 0 Å². The predicted molar refractivity (Wildman–Crippen MR) is 91.5 cm³/mol. The van der Waals surface area contributed by atoms with E-state index in [4.69, 9.17) is 0 Å². The Labute approximate surface area is 134 Å². The van der Waals surface area contributed by atoms with Gasteiger partial charge in [-0.3, -0.25) is 9.69 Å². The quantitative estimate of drug-likeness (QED) is 0.768. The summed E-state index contributed by atoms with van der Waals surface area (Å²) in [5.74, 6) is 0.636. The molecule has 0 bridgehead atoms. The summed E-state index contributed by atoms with van der Waals surface area (Å²) in [7, 11) is 1.91. The minimum atomic E-state index is -0.398. The van der Waals surface area contributed by atoms with Crippen molar-refractivity contribution in [3.05, 3.63) is 39.3 Å². The Kier molecular flexibility index (Phi) is 5.50. The molecule has 2 N–H and O–H groups in total. The first-order valence-corrected chi connectivity index (χ1v) is 8.20. The highest BCUT2D eigenvalue weighted by atomic mass is 32.1. The number of nitrogens with zero attached hydrogens (tertiary/aromatic N) is 2. The highest BCUT2D eigenvalue weighted by molar-refractivity contribution is 7.18. The van der Waals surface area contributed by atoms with Crippen molar-refractivity contribution in [2.75, 3.05) is 13.6 Å². The van der Waals surface area contributed by atoms with Gasteiger partial charge in [-0.2, -0.15) is 0 Å². The van der Waals surface area contributed by atoms with Crippen LogP contribution in [-0.2, 0) is 6.54 Å². The number of nitrogens with one attached hydrogen (secondary N) is 1. The Balaban J connectivity index is 2.11. The summed E-state index contributed by atoms with van der Waals surface area (Å²) < 4.78 is 0. The molecule has 1 unspecified atom stereocenters. The average Bonchev–Trinajstić information content (AvgIpc) is 2.71. The van der Waals surface area contributed by atoms with E-state index in [1.807, 2.05) is 25.8 Å². The lowest BCUT2D eigenvalue weighted by Gasteiger charge is -2.19. The van der Waals surface area contributed by atoms with E-state index in [0.29, 0.717) is 30.7 Å². The molecule has 0 spiro atoms. The van der Waals surface area contributed by atoms with Crippen LogP contribution in [0.15, 0.2) is 17.4 Å². The number of thiophene rings is 1. The summed E-state index contributed by atoms with van der Waals surface area (Å²) in [6.07, 6.45) is 2.89. The minimum Gasteiger partial charge on any atom is -0.392 e. The van der Waals surface area contributed by atoms with Crippen molar-refractivity contribution in [2.45, 2.75) is 39.3 Å². The summed E-state index contributed by atoms with van der Waals surface area (Å²) in [4.78, 5) is 23.5. The normalized spacial score (nSPS) is 13.0. The summed E-state index contributed by atoms with van der Waals surface area (Å²) in [6, 6.07) is 0. The molecule has 120 valence electrons. The fraction of sp³-hybridized carbons (Fsp3) is 0.500. The van der Waals surface area contributed by atoms with Gasteiger partial charge in [-0.1, -0.05) is 6.08 Å². The molecule has 0 fully saturated rings. The van der Waals surface area contributed by atoms with Crippen LogP contribution in [0.2, 0.25) is 0 Å². The zero-order valence-electron chi connectivity index (χ0n) is 13.3. The lowest BCUT2D eigenvalue weighted by Crippen LogP contribution is -2.30. The number of aliphatic hydroxyl groups excluding tert-OH is 1. The standard InChI is InChI=1S/C16H23N3O2S/c1-5-6-7-12(20)8-19(4)9-13-17-15(21)14-10(2)11(3)22-16(14)18-13/h5,12,20H,1,6-9H2,2-4H3,(H,17,18,21). The molecule has 0 amide bonds. The summed E-state index contributed by atoms with van der Waals surface area (Å²) in [5.41, 5.74) is 0.927. The average molecular weight is 321 g/mol. The van der Waals surface area contributed by atoms with Crippen molar-refractivity contribution < 1.29 is 5.11 Å². The Hall–Kier alpha value is -1.50. The van der Waals surface area contributed by atoms with Crippen molar-refractivity contribution in [1.82, 2.24) is 14.9 Å². The second-order valence-corrected chi connectivity index (χ2v) is 6.90. The van der Waals surface area contributed by atoms with Crippen LogP contribution in [0.1, 0.15) is 29.1 Å². The molecule has 2 aromatic rings. The van der Waals surface area contributed by atoms with Gasteiger partial charge in [0.25, 0.3) is 5.56 Å². The molecule has 1 atom stereocenters. The zero-order valence-corrected chi connectivity index (χ0v) is 14.2. The molecule has 0 radical (unpaired) electrons. The van der Waals surface area contributed by atoms with Crippen LogP contribution in [0.4, 0.5) is 0 Å². The monoisotopic (exact) mass is 321 g/mol. The summed E-state index contributed by atoms with van der Waals surface area (Å²) in [6.45, 7) is 8.65. The molecule has 0 saturated carbocycles. The highest BCUT2D eigenvalue weighted by Gasteiger charge is 2.14. The molecule has 2 aromatic heterocycles. The number of fused-ring (bicyclic) bond motifs is 1. The number of H-pyrrole nitrogens is 1. The first-order chi connectivity index (χ1) is 10.4. The van der Waals surface area contributed by atoms with Gasteiger partial charge in [-0.05, 0) is 39.3 Å². The molecule has 2 rings (SSSR count). The summed E-state index contributed by atoms with van der Waals surface area (Å²) >= 11 is 1.55. The number of hydrogen-bond acceptors (Lipinski definition) is 5. The van der Waals surface area contributed by atoms with E-state index in [9.17, 15) is 9.90 Å². The van der Waals surface area contributed by atoms with E-state index in [-0.39, 0.29) is 5.56 Å². The van der Waals surface area contributed by atoms with Crippen LogP contribution in [0, 0.1) is 13.8 Å². The van der Waals surface area contributed by atoms with Crippen LogP contribution in [0.25, 0.3) is 10.2 Å². The number of hydrogen-bond donors (Lipinski definition) is 2. The molecule has 0 aliphatic carbocycles. The van der Waals surface area contributed by atoms with Gasteiger partial charge in [0, 0.05) is 11.4 Å². The van der Waals surface area contributed by atoms with Gasteiger partial charge < -0.3 is 10.1 Å². The fourth-order valence-electron chi connectivity index (χ4n) is 2.46. The van der Waals surface area contributed by atoms with E-state index < -0.39 is 6.10 Å². The van der Waals surface area contributed by atoms with Gasteiger partial charge in [-0.25, -0.2) is 4.98 Å². The number of rotatable bonds is 7. The third-order valence-corrected chi connectivity index (χ3v) is 4.84. The zero-order chi connectivity index (χ0) is 16.3. The summed E-state index contributed by atoms with van der Waals surface area (Å²) in [5, 5.41) is 10.6. The fourth-order valence-corrected chi connectivity index (χ4v) is 3.50. The van der Waals surface area contributed by atoms with E-state index in [1.165, 1.54) is 0 Å². The number of aromatic nitrogens is 2. The number of aliphatic hydroxyl groups is 1. The lowest BCUT2D eigenvalue weighted by molar-refractivity contribution is 0.115. The van der Waals surface area contributed by atoms with Gasteiger partial charge in [0.15, 0.2) is 0 Å². The molecule has 2 heterocycles.